The van der Waals surface area contributed by atoms with Gasteiger partial charge in [-0.15, -0.1) is 0 Å². The third-order valence-electron chi connectivity index (χ3n) is 7.22. The zero-order chi connectivity index (χ0) is 25.1. The van der Waals surface area contributed by atoms with E-state index in [2.05, 4.69) is 94.1 Å². The molecule has 178 valence electrons. The van der Waals surface area contributed by atoms with Crippen molar-refractivity contribution in [3.63, 3.8) is 0 Å². The molecule has 3 aromatic carbocycles. The second-order valence-corrected chi connectivity index (χ2v) is 9.40. The van der Waals surface area contributed by atoms with E-state index in [1.165, 1.54) is 5.39 Å². The maximum atomic E-state index is 5.33. The minimum Gasteiger partial charge on any atom is -0.294 e. The molecule has 5 heterocycles. The van der Waals surface area contributed by atoms with Gasteiger partial charge in [-0.2, -0.15) is 0 Å². The largest absolute Gasteiger partial charge is 0.294 e. The summed E-state index contributed by atoms with van der Waals surface area (Å²) < 4.78 is 4.37. The second kappa shape index (κ2) is 8.11. The van der Waals surface area contributed by atoms with E-state index in [0.29, 0.717) is 0 Å². The van der Waals surface area contributed by atoms with Gasteiger partial charge in [-0.05, 0) is 54.1 Å². The fourth-order valence-electron chi connectivity index (χ4n) is 5.51. The molecule has 0 fully saturated rings. The van der Waals surface area contributed by atoms with Crippen LogP contribution in [0.3, 0.4) is 0 Å². The van der Waals surface area contributed by atoms with Crippen molar-refractivity contribution in [3.05, 3.63) is 128 Å². The molecule has 0 bridgehead atoms. The van der Waals surface area contributed by atoms with Gasteiger partial charge in [0.2, 0.25) is 0 Å². The summed E-state index contributed by atoms with van der Waals surface area (Å²) in [7, 11) is 0. The normalized spacial score (nSPS) is 11.7. The topological polar surface area (TPSA) is 48.5 Å². The monoisotopic (exact) mass is 487 g/mol. The van der Waals surface area contributed by atoms with E-state index in [1.54, 1.807) is 0 Å². The first kappa shape index (κ1) is 20.9. The van der Waals surface area contributed by atoms with E-state index in [0.717, 1.165) is 61.2 Å². The van der Waals surface area contributed by atoms with Crippen LogP contribution in [0.25, 0.3) is 66.6 Å². The predicted molar refractivity (Wildman–Crippen MR) is 154 cm³/mol. The molecule has 0 radical (unpaired) electrons. The molecule has 8 rings (SSSR count). The molecule has 8 aromatic rings. The van der Waals surface area contributed by atoms with Crippen molar-refractivity contribution in [3.8, 4) is 22.6 Å². The van der Waals surface area contributed by atoms with Gasteiger partial charge in [-0.1, -0.05) is 66.7 Å². The molecule has 0 saturated heterocycles. The molecule has 0 spiro atoms. The number of para-hydroxylation sites is 2. The fraction of sp³-hybridized carbons (Fsp3) is 0. The van der Waals surface area contributed by atoms with Crippen LogP contribution >= 0.6 is 0 Å². The first-order chi connectivity index (χ1) is 18.9. The molecule has 0 aliphatic rings. The minimum absolute atomic E-state index is 0.812. The summed E-state index contributed by atoms with van der Waals surface area (Å²) in [6.45, 7) is 0. The van der Waals surface area contributed by atoms with Gasteiger partial charge in [0.25, 0.3) is 0 Å². The Morgan fingerprint density at radius 3 is 2.05 bits per heavy atom. The summed E-state index contributed by atoms with van der Waals surface area (Å²) in [6.07, 6.45) is 3.77. The molecule has 38 heavy (non-hydrogen) atoms. The Kier molecular flexibility index (Phi) is 4.45. The lowest BCUT2D eigenvalue weighted by molar-refractivity contribution is 1.05. The smallest absolute Gasteiger partial charge is 0.150 e. The van der Waals surface area contributed by atoms with Gasteiger partial charge in [-0.3, -0.25) is 14.1 Å². The van der Waals surface area contributed by atoms with Crippen LogP contribution in [0.2, 0.25) is 0 Å². The van der Waals surface area contributed by atoms with Crippen molar-refractivity contribution < 1.29 is 0 Å². The van der Waals surface area contributed by atoms with Crippen molar-refractivity contribution in [2.75, 3.05) is 0 Å². The van der Waals surface area contributed by atoms with Gasteiger partial charge in [0.15, 0.2) is 5.65 Å². The van der Waals surface area contributed by atoms with Crippen molar-refractivity contribution in [2.24, 2.45) is 0 Å². The van der Waals surface area contributed by atoms with Crippen LogP contribution in [0.1, 0.15) is 0 Å². The lowest BCUT2D eigenvalue weighted by Crippen LogP contribution is -2.00. The molecule has 0 unspecified atom stereocenters. The number of hydrogen-bond donors (Lipinski definition) is 0. The average molecular weight is 488 g/mol. The van der Waals surface area contributed by atoms with Gasteiger partial charge in [0.05, 0.1) is 16.6 Å². The molecule has 0 aliphatic carbocycles. The summed E-state index contributed by atoms with van der Waals surface area (Å²) in [5.41, 5.74) is 8.08. The number of aromatic nitrogens is 5. The Hall–Kier alpha value is -5.29. The van der Waals surface area contributed by atoms with Crippen molar-refractivity contribution >= 4 is 44.0 Å². The molecule has 5 heteroatoms. The highest BCUT2D eigenvalue weighted by molar-refractivity contribution is 6.15. The lowest BCUT2D eigenvalue weighted by atomic mass is 10.1. The van der Waals surface area contributed by atoms with Crippen LogP contribution in [0, 0.1) is 0 Å². The number of nitrogens with zero attached hydrogens (tertiary/aromatic N) is 5. The number of hydrogen-bond acceptors (Lipinski definition) is 3. The van der Waals surface area contributed by atoms with Gasteiger partial charge >= 0.3 is 0 Å². The van der Waals surface area contributed by atoms with E-state index in [1.807, 2.05) is 42.7 Å². The van der Waals surface area contributed by atoms with Crippen molar-refractivity contribution in [1.82, 2.24) is 24.1 Å². The highest BCUT2D eigenvalue weighted by Gasteiger charge is 2.20. The predicted octanol–water partition coefficient (Wildman–Crippen LogP) is 7.73. The number of fused-ring (bicyclic) bond motifs is 6. The van der Waals surface area contributed by atoms with Crippen LogP contribution in [-0.2, 0) is 0 Å². The van der Waals surface area contributed by atoms with E-state index in [9.17, 15) is 0 Å². The average Bonchev–Trinajstić information content (AvgIpc) is 3.49. The van der Waals surface area contributed by atoms with Crippen LogP contribution in [0.15, 0.2) is 128 Å². The summed E-state index contributed by atoms with van der Waals surface area (Å²) in [5.74, 6) is 0.812. The van der Waals surface area contributed by atoms with Gasteiger partial charge in [0, 0.05) is 39.8 Å². The molecular weight excluding hydrogens is 466 g/mol. The maximum Gasteiger partial charge on any atom is 0.150 e. The maximum absolute atomic E-state index is 5.33. The SMILES string of the molecule is c1ccc(-c2ccc(-n3c4cccnc4c4cc5c6ccccc6n(-c6ccccc6)c5nc43)nc2)cc1. The zero-order valence-electron chi connectivity index (χ0n) is 20.4. The molecule has 5 nitrogen and oxygen atoms in total. The number of rotatable bonds is 3. The summed E-state index contributed by atoms with van der Waals surface area (Å²) in [5, 5.41) is 3.29. The third kappa shape index (κ3) is 3.02. The molecule has 0 atom stereocenters. The summed E-state index contributed by atoms with van der Waals surface area (Å²) in [4.78, 5) is 15.0. The summed E-state index contributed by atoms with van der Waals surface area (Å²) in [6, 6.07) is 39.7. The molecule has 0 amide bonds. The Labute approximate surface area is 218 Å². The highest BCUT2D eigenvalue weighted by atomic mass is 15.1. The Morgan fingerprint density at radius 2 is 1.24 bits per heavy atom. The second-order valence-electron chi connectivity index (χ2n) is 9.40. The third-order valence-corrected chi connectivity index (χ3v) is 7.22. The fourth-order valence-corrected chi connectivity index (χ4v) is 5.51. The molecule has 5 aromatic heterocycles. The van der Waals surface area contributed by atoms with Crippen LogP contribution in [0.5, 0.6) is 0 Å². The van der Waals surface area contributed by atoms with Crippen LogP contribution in [0.4, 0.5) is 0 Å². The lowest BCUT2D eigenvalue weighted by Gasteiger charge is -2.09. The number of benzene rings is 3. The van der Waals surface area contributed by atoms with Crippen LogP contribution < -0.4 is 0 Å². The van der Waals surface area contributed by atoms with E-state index in [4.69, 9.17) is 15.0 Å². The molecule has 0 N–H and O–H groups in total. The van der Waals surface area contributed by atoms with E-state index >= 15 is 0 Å². The highest BCUT2D eigenvalue weighted by Crippen LogP contribution is 2.36. The Bertz CT molecular complexity index is 2110. The summed E-state index contributed by atoms with van der Waals surface area (Å²) >= 11 is 0. The van der Waals surface area contributed by atoms with Crippen molar-refractivity contribution in [2.45, 2.75) is 0 Å². The molecular formula is C33H21N5. The minimum atomic E-state index is 0.812. The van der Waals surface area contributed by atoms with Gasteiger partial charge < -0.3 is 0 Å². The number of pyridine rings is 3. The van der Waals surface area contributed by atoms with Crippen LogP contribution in [-0.4, -0.2) is 24.1 Å². The standard InChI is InChI=1S/C33H21N5/c1-3-10-22(11-4-1)23-17-18-30(35-21-23)38-29-16-9-19-34-31(29)27-20-26-25-14-7-8-15-28(25)37(32(26)36-33(27)38)24-12-5-2-6-13-24/h1-21H. The molecule has 0 saturated carbocycles. The first-order valence-corrected chi connectivity index (χ1v) is 12.6. The van der Waals surface area contributed by atoms with E-state index < -0.39 is 0 Å². The van der Waals surface area contributed by atoms with E-state index in [-0.39, 0.29) is 0 Å². The van der Waals surface area contributed by atoms with Crippen molar-refractivity contribution in [1.29, 1.82) is 0 Å². The molecule has 0 aliphatic heterocycles. The first-order valence-electron chi connectivity index (χ1n) is 12.6. The zero-order valence-corrected chi connectivity index (χ0v) is 20.4. The van der Waals surface area contributed by atoms with Gasteiger partial charge in [-0.25, -0.2) is 9.97 Å². The quantitative estimate of drug-likeness (QED) is 0.256. The Morgan fingerprint density at radius 1 is 0.500 bits per heavy atom. The Balaban J connectivity index is 1.45. The van der Waals surface area contributed by atoms with Gasteiger partial charge in [0.1, 0.15) is 11.5 Å².